The van der Waals surface area contributed by atoms with Crippen molar-refractivity contribution >= 4 is 23.2 Å². The maximum atomic E-state index is 13.7. The van der Waals surface area contributed by atoms with Crippen molar-refractivity contribution in [2.75, 3.05) is 0 Å². The summed E-state index contributed by atoms with van der Waals surface area (Å²) in [5, 5.41) is 14.7. The predicted molar refractivity (Wildman–Crippen MR) is 106 cm³/mol. The summed E-state index contributed by atoms with van der Waals surface area (Å²) in [6.45, 7) is -0.531. The van der Waals surface area contributed by atoms with Crippen LogP contribution in [0.2, 0.25) is 5.02 Å². The number of alkyl halides is 5. The highest BCUT2D eigenvalue weighted by atomic mass is 35.5. The summed E-state index contributed by atoms with van der Waals surface area (Å²) in [4.78, 5) is 18.0. The number of hydrogen-bond donors (Lipinski definition) is 1. The van der Waals surface area contributed by atoms with Gasteiger partial charge in [-0.1, -0.05) is 11.6 Å². The van der Waals surface area contributed by atoms with Gasteiger partial charge in [-0.2, -0.15) is 28.2 Å². The average Bonchev–Trinajstić information content (AvgIpc) is 3.37. The highest BCUT2D eigenvalue weighted by molar-refractivity contribution is 6.30. The van der Waals surface area contributed by atoms with Crippen molar-refractivity contribution in [1.29, 1.82) is 0 Å². The molecule has 0 radical (unpaired) electrons. The number of aryl methyl sites for hydroxylation is 1. The topological polar surface area (TPSA) is 90.0 Å². The first-order chi connectivity index (χ1) is 15.5. The molecule has 0 aliphatic heterocycles. The van der Waals surface area contributed by atoms with Gasteiger partial charge in [0.2, 0.25) is 5.92 Å². The fourth-order valence-corrected chi connectivity index (χ4v) is 3.94. The van der Waals surface area contributed by atoms with Crippen molar-refractivity contribution in [3.05, 3.63) is 41.1 Å². The Bertz CT molecular complexity index is 1140. The molecule has 1 aliphatic carbocycles. The van der Waals surface area contributed by atoms with Gasteiger partial charge in [-0.3, -0.25) is 4.79 Å². The fraction of sp³-hybridized carbons (Fsp3) is 0.526. The summed E-state index contributed by atoms with van der Waals surface area (Å²) >= 11 is 5.95. The molecule has 0 saturated heterocycles. The lowest BCUT2D eigenvalue weighted by atomic mass is 9.81. The van der Waals surface area contributed by atoms with E-state index in [1.54, 1.807) is 12.3 Å². The Morgan fingerprint density at radius 1 is 1.24 bits per heavy atom. The van der Waals surface area contributed by atoms with Gasteiger partial charge >= 0.3 is 6.18 Å². The van der Waals surface area contributed by atoms with Gasteiger partial charge in [0.1, 0.15) is 0 Å². The predicted octanol–water partition coefficient (Wildman–Crippen LogP) is 4.22. The molecule has 0 spiro atoms. The highest BCUT2D eigenvalue weighted by Gasteiger charge is 2.39. The molecule has 178 valence electrons. The number of carbonyl (C=O) groups excluding carboxylic acids is 1. The van der Waals surface area contributed by atoms with Gasteiger partial charge < -0.3 is 5.32 Å². The zero-order valence-corrected chi connectivity index (χ0v) is 17.8. The molecule has 3 aromatic rings. The lowest BCUT2D eigenvalue weighted by Crippen LogP contribution is -2.37. The fourth-order valence-electron chi connectivity index (χ4n) is 3.80. The van der Waals surface area contributed by atoms with Gasteiger partial charge in [0.05, 0.1) is 48.3 Å². The quantitative estimate of drug-likeness (QED) is 0.521. The molecule has 14 heteroatoms. The van der Waals surface area contributed by atoms with Crippen molar-refractivity contribution in [2.45, 2.75) is 56.8 Å². The Balaban J connectivity index is 1.55. The number of nitrogens with one attached hydrogen (secondary N) is 1. The Hall–Kier alpha value is -2.83. The van der Waals surface area contributed by atoms with Crippen LogP contribution in [0.5, 0.6) is 0 Å². The first kappa shape index (κ1) is 23.3. The third kappa shape index (κ3) is 5.75. The van der Waals surface area contributed by atoms with E-state index >= 15 is 0 Å². The van der Waals surface area contributed by atoms with Crippen LogP contribution in [0.25, 0.3) is 5.65 Å². The van der Waals surface area contributed by atoms with Crippen LogP contribution in [-0.4, -0.2) is 47.6 Å². The summed E-state index contributed by atoms with van der Waals surface area (Å²) in [7, 11) is 0. The van der Waals surface area contributed by atoms with Crippen molar-refractivity contribution in [3.63, 3.8) is 0 Å². The second kappa shape index (κ2) is 8.84. The molecule has 4 rings (SSSR count). The molecular formula is C19H19ClF5N7O. The van der Waals surface area contributed by atoms with Crippen LogP contribution in [-0.2, 0) is 6.54 Å². The molecule has 1 aliphatic rings. The van der Waals surface area contributed by atoms with Gasteiger partial charge in [-0.15, -0.1) is 5.10 Å². The van der Waals surface area contributed by atoms with Gasteiger partial charge in [0, 0.05) is 18.9 Å². The number of halogens is 6. The number of amides is 1. The summed E-state index contributed by atoms with van der Waals surface area (Å²) in [6.07, 6.45) is -1.83. The van der Waals surface area contributed by atoms with Crippen molar-refractivity contribution in [3.8, 4) is 0 Å². The van der Waals surface area contributed by atoms with Crippen molar-refractivity contribution in [2.24, 2.45) is 5.92 Å². The maximum Gasteiger partial charge on any atom is 0.390 e. The third-order valence-corrected chi connectivity index (χ3v) is 5.71. The van der Waals surface area contributed by atoms with Gasteiger partial charge in [0.25, 0.3) is 5.91 Å². The molecule has 1 fully saturated rings. The van der Waals surface area contributed by atoms with Crippen LogP contribution in [0, 0.1) is 5.92 Å². The molecule has 3 heterocycles. The van der Waals surface area contributed by atoms with Crippen LogP contribution in [0.15, 0.2) is 24.7 Å². The molecule has 3 aromatic heterocycles. The van der Waals surface area contributed by atoms with Gasteiger partial charge in [-0.05, 0) is 18.8 Å². The molecule has 1 N–H and O–H groups in total. The van der Waals surface area contributed by atoms with E-state index in [-0.39, 0.29) is 37.3 Å². The summed E-state index contributed by atoms with van der Waals surface area (Å²) in [5.41, 5.74) is 0.627. The normalized spacial score (nSPS) is 17.9. The minimum Gasteiger partial charge on any atom is -0.342 e. The van der Waals surface area contributed by atoms with E-state index in [1.807, 2.05) is 0 Å². The number of rotatable bonds is 6. The van der Waals surface area contributed by atoms with Crippen molar-refractivity contribution < 1.29 is 26.7 Å². The highest BCUT2D eigenvalue weighted by Crippen LogP contribution is 2.41. The zero-order valence-electron chi connectivity index (χ0n) is 17.1. The summed E-state index contributed by atoms with van der Waals surface area (Å²) < 4.78 is 66.1. The lowest BCUT2D eigenvalue weighted by Gasteiger charge is -2.33. The number of nitrogens with zero attached hydrogens (tertiary/aromatic N) is 6. The number of hydrogen-bond acceptors (Lipinski definition) is 5. The Morgan fingerprint density at radius 3 is 2.67 bits per heavy atom. The SMILES string of the molecule is O=C(N[C@H](c1cn2ncc(Cl)cc2n1)C1CCC(F)(F)CC1)c1cnn(CCC(F)(F)F)n1. The zero-order chi connectivity index (χ0) is 23.8. The van der Waals surface area contributed by atoms with E-state index in [0.29, 0.717) is 16.4 Å². The monoisotopic (exact) mass is 491 g/mol. The first-order valence-electron chi connectivity index (χ1n) is 10.2. The van der Waals surface area contributed by atoms with Gasteiger partial charge in [0.15, 0.2) is 11.3 Å². The lowest BCUT2D eigenvalue weighted by molar-refractivity contribution is -0.137. The Labute approximate surface area is 189 Å². The maximum absolute atomic E-state index is 13.7. The molecule has 0 unspecified atom stereocenters. The van der Waals surface area contributed by atoms with Crippen LogP contribution < -0.4 is 5.32 Å². The average molecular weight is 492 g/mol. The van der Waals surface area contributed by atoms with E-state index in [1.165, 1.54) is 10.7 Å². The summed E-state index contributed by atoms with van der Waals surface area (Å²) in [6, 6.07) is 0.826. The number of fused-ring (bicyclic) bond motifs is 1. The second-order valence-corrected chi connectivity index (χ2v) is 8.41. The standard InChI is InChI=1S/C19H19ClF5N7O/c20-12-7-15-28-14(10-31(15)26-8-12)16(11-1-3-18(21,22)4-2-11)29-17(33)13-9-27-32(30-13)6-5-19(23,24)25/h7-11,16H,1-6H2,(H,29,33)/t16-/m0/s1. The van der Waals surface area contributed by atoms with Crippen LogP contribution in [0.4, 0.5) is 22.0 Å². The Kier molecular flexibility index (Phi) is 6.25. The van der Waals surface area contributed by atoms with Crippen LogP contribution >= 0.6 is 11.6 Å². The molecule has 1 atom stereocenters. The summed E-state index contributed by atoms with van der Waals surface area (Å²) in [5.74, 6) is -3.80. The van der Waals surface area contributed by atoms with Crippen LogP contribution in [0.3, 0.4) is 0 Å². The van der Waals surface area contributed by atoms with Gasteiger partial charge in [-0.25, -0.2) is 18.3 Å². The Morgan fingerprint density at radius 2 is 1.97 bits per heavy atom. The molecule has 0 bridgehead atoms. The number of imidazole rings is 1. The molecule has 0 aromatic carbocycles. The van der Waals surface area contributed by atoms with E-state index in [2.05, 4.69) is 25.6 Å². The third-order valence-electron chi connectivity index (χ3n) is 5.51. The molecule has 8 nitrogen and oxygen atoms in total. The van der Waals surface area contributed by atoms with E-state index in [9.17, 15) is 26.7 Å². The number of carbonyl (C=O) groups is 1. The molecule has 1 saturated carbocycles. The van der Waals surface area contributed by atoms with Crippen molar-refractivity contribution in [1.82, 2.24) is 34.9 Å². The molecular weight excluding hydrogens is 473 g/mol. The van der Waals surface area contributed by atoms with E-state index < -0.39 is 37.0 Å². The minimum atomic E-state index is -4.38. The largest absolute Gasteiger partial charge is 0.390 e. The first-order valence-corrected chi connectivity index (χ1v) is 10.5. The van der Waals surface area contributed by atoms with E-state index in [4.69, 9.17) is 11.6 Å². The van der Waals surface area contributed by atoms with E-state index in [0.717, 1.165) is 11.0 Å². The number of aromatic nitrogens is 6. The second-order valence-electron chi connectivity index (χ2n) is 7.98. The minimum absolute atomic E-state index is 0.151. The molecule has 1 amide bonds. The smallest absolute Gasteiger partial charge is 0.342 e. The van der Waals surface area contributed by atoms with Crippen LogP contribution in [0.1, 0.15) is 54.3 Å². The molecule has 33 heavy (non-hydrogen) atoms.